The molecule has 1 saturated heterocycles. The highest BCUT2D eigenvalue weighted by Crippen LogP contribution is 2.24. The first-order valence-corrected chi connectivity index (χ1v) is 6.98. The molecule has 3 amide bonds. The summed E-state index contributed by atoms with van der Waals surface area (Å²) in [6, 6.07) is 9.34. The molecule has 114 valence electrons. The van der Waals surface area contributed by atoms with Crippen LogP contribution in [0, 0.1) is 0 Å². The second-order valence-electron chi connectivity index (χ2n) is 5.20. The Morgan fingerprint density at radius 3 is 2.36 bits per heavy atom. The van der Waals surface area contributed by atoms with Crippen LogP contribution in [0.15, 0.2) is 55.6 Å². The minimum atomic E-state index is -1.18. The SMILES string of the molecule is C=CCN1C(=O)C(=O)N[C@@](CC=C)(Cc2ccccc2)C1=O. The number of nitrogens with one attached hydrogen (secondary N) is 1. The topological polar surface area (TPSA) is 66.5 Å². The van der Waals surface area contributed by atoms with E-state index in [0.29, 0.717) is 6.42 Å². The van der Waals surface area contributed by atoms with Crippen LogP contribution in [0.2, 0.25) is 0 Å². The van der Waals surface area contributed by atoms with Gasteiger partial charge in [0, 0.05) is 13.0 Å². The summed E-state index contributed by atoms with van der Waals surface area (Å²) in [5.41, 5.74) is -0.289. The number of piperazine rings is 1. The van der Waals surface area contributed by atoms with Gasteiger partial charge in [0.15, 0.2) is 0 Å². The molecule has 1 aliphatic heterocycles. The van der Waals surface area contributed by atoms with Crippen LogP contribution in [0.5, 0.6) is 0 Å². The number of hydrogen-bond donors (Lipinski definition) is 1. The van der Waals surface area contributed by atoms with E-state index in [1.54, 1.807) is 6.08 Å². The van der Waals surface area contributed by atoms with Crippen molar-refractivity contribution in [3.63, 3.8) is 0 Å². The van der Waals surface area contributed by atoms with Gasteiger partial charge in [-0.05, 0) is 12.0 Å². The van der Waals surface area contributed by atoms with Gasteiger partial charge in [0.25, 0.3) is 5.91 Å². The second-order valence-corrected chi connectivity index (χ2v) is 5.20. The first kappa shape index (κ1) is 15.7. The van der Waals surface area contributed by atoms with Gasteiger partial charge in [-0.2, -0.15) is 0 Å². The summed E-state index contributed by atoms with van der Waals surface area (Å²) in [7, 11) is 0. The zero-order valence-electron chi connectivity index (χ0n) is 12.2. The first-order valence-electron chi connectivity index (χ1n) is 6.98. The Labute approximate surface area is 129 Å². The van der Waals surface area contributed by atoms with E-state index in [1.807, 2.05) is 30.3 Å². The maximum atomic E-state index is 12.8. The van der Waals surface area contributed by atoms with E-state index < -0.39 is 23.3 Å². The predicted octanol–water partition coefficient (Wildman–Crippen LogP) is 1.21. The highest BCUT2D eigenvalue weighted by atomic mass is 16.2. The quantitative estimate of drug-likeness (QED) is 0.488. The van der Waals surface area contributed by atoms with E-state index in [1.165, 1.54) is 6.08 Å². The first-order chi connectivity index (χ1) is 10.5. The van der Waals surface area contributed by atoms with Crippen molar-refractivity contribution >= 4 is 17.7 Å². The number of benzene rings is 1. The third-order valence-electron chi connectivity index (χ3n) is 3.60. The molecule has 0 aromatic heterocycles. The zero-order chi connectivity index (χ0) is 16.2. The Hall–Kier alpha value is -2.69. The van der Waals surface area contributed by atoms with Gasteiger partial charge in [0.2, 0.25) is 0 Å². The summed E-state index contributed by atoms with van der Waals surface area (Å²) in [5.74, 6) is -2.06. The molecular formula is C17H18N2O3. The van der Waals surface area contributed by atoms with E-state index in [-0.39, 0.29) is 13.0 Å². The van der Waals surface area contributed by atoms with Gasteiger partial charge < -0.3 is 5.32 Å². The molecule has 5 heteroatoms. The molecule has 0 radical (unpaired) electrons. The zero-order valence-corrected chi connectivity index (χ0v) is 12.2. The number of hydrogen-bond acceptors (Lipinski definition) is 3. The Balaban J connectivity index is 2.41. The molecule has 5 nitrogen and oxygen atoms in total. The molecule has 0 bridgehead atoms. The van der Waals surface area contributed by atoms with E-state index >= 15 is 0 Å². The lowest BCUT2D eigenvalue weighted by molar-refractivity contribution is -0.161. The van der Waals surface area contributed by atoms with Gasteiger partial charge >= 0.3 is 11.8 Å². The molecule has 1 aromatic carbocycles. The van der Waals surface area contributed by atoms with Crippen molar-refractivity contribution in [3.05, 3.63) is 61.2 Å². The van der Waals surface area contributed by atoms with Crippen molar-refractivity contribution in [2.75, 3.05) is 6.54 Å². The molecule has 1 aromatic rings. The van der Waals surface area contributed by atoms with E-state index in [0.717, 1.165) is 10.5 Å². The number of carbonyl (C=O) groups is 3. The molecule has 22 heavy (non-hydrogen) atoms. The lowest BCUT2D eigenvalue weighted by Crippen LogP contribution is -2.69. The smallest absolute Gasteiger partial charge is 0.318 e. The predicted molar refractivity (Wildman–Crippen MR) is 82.8 cm³/mol. The van der Waals surface area contributed by atoms with Crippen molar-refractivity contribution in [2.45, 2.75) is 18.4 Å². The maximum Gasteiger partial charge on any atom is 0.318 e. The molecule has 0 unspecified atom stereocenters. The molecule has 0 spiro atoms. The lowest BCUT2D eigenvalue weighted by Gasteiger charge is -2.40. The van der Waals surface area contributed by atoms with Gasteiger partial charge in [-0.15, -0.1) is 13.2 Å². The standard InChI is InChI=1S/C17H18N2O3/c1-3-10-17(12-13-8-6-5-7-9-13)16(22)19(11-4-2)15(21)14(20)18-17/h3-9H,1-2,10-12H2,(H,18,20)/t17-/m0/s1. The minimum Gasteiger partial charge on any atom is -0.333 e. The van der Waals surface area contributed by atoms with Crippen molar-refractivity contribution in [1.82, 2.24) is 10.2 Å². The summed E-state index contributed by atoms with van der Waals surface area (Å²) in [6.45, 7) is 7.20. The Morgan fingerprint density at radius 2 is 1.77 bits per heavy atom. The van der Waals surface area contributed by atoms with Crippen LogP contribution >= 0.6 is 0 Å². The van der Waals surface area contributed by atoms with Crippen LogP contribution in [0.25, 0.3) is 0 Å². The number of rotatable bonds is 6. The fraction of sp³-hybridized carbons (Fsp3) is 0.235. The van der Waals surface area contributed by atoms with E-state index in [4.69, 9.17) is 0 Å². The van der Waals surface area contributed by atoms with Crippen molar-refractivity contribution in [1.29, 1.82) is 0 Å². The second kappa shape index (κ2) is 6.39. The highest BCUT2D eigenvalue weighted by molar-refractivity contribution is 6.40. The van der Waals surface area contributed by atoms with Crippen LogP contribution in [0.4, 0.5) is 0 Å². The highest BCUT2D eigenvalue weighted by Gasteiger charge is 2.49. The Morgan fingerprint density at radius 1 is 1.09 bits per heavy atom. The third kappa shape index (κ3) is 2.83. The van der Waals surface area contributed by atoms with Gasteiger partial charge in [-0.25, -0.2) is 0 Å². The minimum absolute atomic E-state index is 0.0127. The van der Waals surface area contributed by atoms with Crippen molar-refractivity contribution in [2.24, 2.45) is 0 Å². The average molecular weight is 298 g/mol. The number of carbonyl (C=O) groups excluding carboxylic acids is 3. The van der Waals surface area contributed by atoms with Gasteiger partial charge in [-0.3, -0.25) is 19.3 Å². The van der Waals surface area contributed by atoms with Gasteiger partial charge in [0.05, 0.1) is 0 Å². The average Bonchev–Trinajstić information content (AvgIpc) is 2.51. The number of amides is 3. The fourth-order valence-corrected chi connectivity index (χ4v) is 2.61. The molecule has 1 fully saturated rings. The molecule has 0 aliphatic carbocycles. The van der Waals surface area contributed by atoms with E-state index in [2.05, 4.69) is 18.5 Å². The lowest BCUT2D eigenvalue weighted by atomic mass is 9.84. The van der Waals surface area contributed by atoms with Crippen LogP contribution in [-0.2, 0) is 20.8 Å². The molecule has 2 rings (SSSR count). The van der Waals surface area contributed by atoms with E-state index in [9.17, 15) is 14.4 Å². The van der Waals surface area contributed by atoms with Crippen molar-refractivity contribution < 1.29 is 14.4 Å². The normalized spacial score (nSPS) is 21.5. The van der Waals surface area contributed by atoms with Crippen LogP contribution in [-0.4, -0.2) is 34.7 Å². The largest absolute Gasteiger partial charge is 0.333 e. The van der Waals surface area contributed by atoms with Gasteiger partial charge in [-0.1, -0.05) is 42.5 Å². The Bertz CT molecular complexity index is 624. The monoisotopic (exact) mass is 298 g/mol. The summed E-state index contributed by atoms with van der Waals surface area (Å²) >= 11 is 0. The molecular weight excluding hydrogens is 280 g/mol. The van der Waals surface area contributed by atoms with Crippen molar-refractivity contribution in [3.8, 4) is 0 Å². The summed E-state index contributed by atoms with van der Waals surface area (Å²) < 4.78 is 0. The molecule has 1 N–H and O–H groups in total. The summed E-state index contributed by atoms with van der Waals surface area (Å²) in [5, 5.41) is 2.58. The summed E-state index contributed by atoms with van der Waals surface area (Å²) in [6.07, 6.45) is 3.54. The molecule has 0 saturated carbocycles. The third-order valence-corrected chi connectivity index (χ3v) is 3.60. The molecule has 1 aliphatic rings. The summed E-state index contributed by atoms with van der Waals surface area (Å²) in [4.78, 5) is 37.6. The van der Waals surface area contributed by atoms with Gasteiger partial charge in [0.1, 0.15) is 5.54 Å². The van der Waals surface area contributed by atoms with Crippen LogP contribution < -0.4 is 5.32 Å². The molecule has 1 heterocycles. The Kier molecular flexibility index (Phi) is 4.56. The maximum absolute atomic E-state index is 12.8. The number of imide groups is 1. The molecule has 1 atom stereocenters. The van der Waals surface area contributed by atoms with Crippen LogP contribution in [0.3, 0.4) is 0 Å². The van der Waals surface area contributed by atoms with Crippen LogP contribution in [0.1, 0.15) is 12.0 Å². The fourth-order valence-electron chi connectivity index (χ4n) is 2.61. The number of nitrogens with zero attached hydrogens (tertiary/aromatic N) is 1.